The van der Waals surface area contributed by atoms with Gasteiger partial charge >= 0.3 is 0 Å². The van der Waals surface area contributed by atoms with Crippen molar-refractivity contribution >= 4 is 27.5 Å². The molecule has 3 N–H and O–H groups in total. The Bertz CT molecular complexity index is 628. The highest BCUT2D eigenvalue weighted by molar-refractivity contribution is 9.10. The summed E-state index contributed by atoms with van der Waals surface area (Å²) >= 11 is 9.70. The van der Waals surface area contributed by atoms with Gasteiger partial charge in [-0.3, -0.25) is 11.3 Å². The van der Waals surface area contributed by atoms with Crippen LogP contribution < -0.4 is 11.3 Å². The van der Waals surface area contributed by atoms with Gasteiger partial charge in [0.25, 0.3) is 0 Å². The van der Waals surface area contributed by atoms with E-state index in [1.807, 2.05) is 18.2 Å². The van der Waals surface area contributed by atoms with Gasteiger partial charge in [-0.2, -0.15) is 0 Å². The van der Waals surface area contributed by atoms with Gasteiger partial charge in [0, 0.05) is 15.5 Å². The van der Waals surface area contributed by atoms with Crippen molar-refractivity contribution in [3.63, 3.8) is 0 Å². The van der Waals surface area contributed by atoms with Crippen LogP contribution in [0.5, 0.6) is 0 Å². The number of halogens is 2. The molecule has 2 nitrogen and oxygen atoms in total. The van der Waals surface area contributed by atoms with Gasteiger partial charge in [0.2, 0.25) is 0 Å². The van der Waals surface area contributed by atoms with Gasteiger partial charge in [-0.1, -0.05) is 51.8 Å². The first-order valence-corrected chi connectivity index (χ1v) is 8.13. The molecule has 0 heterocycles. The maximum Gasteiger partial charge on any atom is 0.0449 e. The zero-order valence-corrected chi connectivity index (χ0v) is 14.6. The Morgan fingerprint density at radius 2 is 1.86 bits per heavy atom. The second-order valence-electron chi connectivity index (χ2n) is 5.43. The summed E-state index contributed by atoms with van der Waals surface area (Å²) in [5.41, 5.74) is 7.92. The second kappa shape index (κ2) is 7.41. The first-order chi connectivity index (χ1) is 9.99. The molecule has 0 bridgehead atoms. The average Bonchev–Trinajstić information content (AvgIpc) is 2.44. The van der Waals surface area contributed by atoms with Crippen LogP contribution in [0.1, 0.15) is 22.3 Å². The standard InChI is InChI=1S/C17H20BrClN2/c1-11-3-4-13(7-12(11)2)8-16(21-20)9-14-5-6-15(18)10-17(14)19/h3-7,10,16,21H,8-9,20H2,1-2H3. The number of hydrazine groups is 1. The number of hydrogen-bond acceptors (Lipinski definition) is 2. The lowest BCUT2D eigenvalue weighted by Crippen LogP contribution is -2.38. The molecule has 0 aliphatic rings. The second-order valence-corrected chi connectivity index (χ2v) is 6.75. The lowest BCUT2D eigenvalue weighted by Gasteiger charge is -2.17. The fourth-order valence-corrected chi connectivity index (χ4v) is 3.11. The predicted molar refractivity (Wildman–Crippen MR) is 93.6 cm³/mol. The summed E-state index contributed by atoms with van der Waals surface area (Å²) in [6.07, 6.45) is 1.68. The molecule has 1 unspecified atom stereocenters. The first kappa shape index (κ1) is 16.5. The van der Waals surface area contributed by atoms with Crippen LogP contribution >= 0.6 is 27.5 Å². The van der Waals surface area contributed by atoms with Gasteiger partial charge in [0.05, 0.1) is 0 Å². The Morgan fingerprint density at radius 1 is 1.10 bits per heavy atom. The minimum atomic E-state index is 0.158. The van der Waals surface area contributed by atoms with E-state index >= 15 is 0 Å². The number of nitrogens with two attached hydrogens (primary N) is 1. The highest BCUT2D eigenvalue weighted by Gasteiger charge is 2.12. The molecule has 2 rings (SSSR count). The number of aryl methyl sites for hydroxylation is 2. The molecular weight excluding hydrogens is 348 g/mol. The van der Waals surface area contributed by atoms with Crippen LogP contribution in [0.4, 0.5) is 0 Å². The third kappa shape index (κ3) is 4.55. The van der Waals surface area contributed by atoms with Crippen LogP contribution in [-0.4, -0.2) is 6.04 Å². The van der Waals surface area contributed by atoms with Crippen molar-refractivity contribution in [2.45, 2.75) is 32.7 Å². The number of rotatable bonds is 5. The van der Waals surface area contributed by atoms with Crippen LogP contribution in [0.3, 0.4) is 0 Å². The van der Waals surface area contributed by atoms with E-state index in [4.69, 9.17) is 17.4 Å². The summed E-state index contributed by atoms with van der Waals surface area (Å²) in [6.45, 7) is 4.26. The molecule has 0 saturated carbocycles. The van der Waals surface area contributed by atoms with Gasteiger partial charge in [0.15, 0.2) is 0 Å². The van der Waals surface area contributed by atoms with E-state index in [-0.39, 0.29) is 6.04 Å². The fourth-order valence-electron chi connectivity index (χ4n) is 2.36. The zero-order valence-electron chi connectivity index (χ0n) is 12.3. The van der Waals surface area contributed by atoms with Crippen LogP contribution in [0.2, 0.25) is 5.02 Å². The zero-order chi connectivity index (χ0) is 15.4. The van der Waals surface area contributed by atoms with E-state index in [1.54, 1.807) is 0 Å². The third-order valence-corrected chi connectivity index (χ3v) is 4.62. The minimum Gasteiger partial charge on any atom is -0.271 e. The fraction of sp³-hybridized carbons (Fsp3) is 0.294. The van der Waals surface area contributed by atoms with Crippen molar-refractivity contribution < 1.29 is 0 Å². The lowest BCUT2D eigenvalue weighted by molar-refractivity contribution is 0.522. The van der Waals surface area contributed by atoms with Crippen molar-refractivity contribution in [2.75, 3.05) is 0 Å². The molecular formula is C17H20BrClN2. The molecule has 112 valence electrons. The molecule has 0 aliphatic carbocycles. The maximum atomic E-state index is 6.28. The summed E-state index contributed by atoms with van der Waals surface area (Å²) < 4.78 is 0.989. The molecule has 0 aliphatic heterocycles. The molecule has 0 spiro atoms. The SMILES string of the molecule is Cc1ccc(CC(Cc2ccc(Br)cc2Cl)NN)cc1C. The van der Waals surface area contributed by atoms with Crippen LogP contribution in [0, 0.1) is 13.8 Å². The molecule has 0 fully saturated rings. The molecule has 0 radical (unpaired) electrons. The normalized spacial score (nSPS) is 12.4. The van der Waals surface area contributed by atoms with Crippen LogP contribution in [0.15, 0.2) is 40.9 Å². The van der Waals surface area contributed by atoms with Crippen LogP contribution in [0.25, 0.3) is 0 Å². The van der Waals surface area contributed by atoms with E-state index in [0.29, 0.717) is 0 Å². The molecule has 0 amide bonds. The highest BCUT2D eigenvalue weighted by Crippen LogP contribution is 2.23. The molecule has 2 aromatic carbocycles. The van der Waals surface area contributed by atoms with Gasteiger partial charge in [0.1, 0.15) is 0 Å². The predicted octanol–water partition coefficient (Wildman–Crippen LogP) is 4.34. The number of hydrogen-bond donors (Lipinski definition) is 2. The summed E-state index contributed by atoms with van der Waals surface area (Å²) in [5, 5.41) is 0.768. The summed E-state index contributed by atoms with van der Waals surface area (Å²) in [4.78, 5) is 0. The van der Waals surface area contributed by atoms with Crippen molar-refractivity contribution in [3.8, 4) is 0 Å². The largest absolute Gasteiger partial charge is 0.271 e. The molecule has 1 atom stereocenters. The number of nitrogens with one attached hydrogen (secondary N) is 1. The van der Waals surface area contributed by atoms with Gasteiger partial charge in [-0.15, -0.1) is 0 Å². The van der Waals surface area contributed by atoms with Crippen molar-refractivity contribution in [1.29, 1.82) is 0 Å². The molecule has 0 saturated heterocycles. The van der Waals surface area contributed by atoms with Crippen molar-refractivity contribution in [3.05, 3.63) is 68.1 Å². The molecule has 2 aromatic rings. The van der Waals surface area contributed by atoms with E-state index < -0.39 is 0 Å². The Labute approximate surface area is 139 Å². The van der Waals surface area contributed by atoms with Gasteiger partial charge in [-0.25, -0.2) is 0 Å². The van der Waals surface area contributed by atoms with E-state index in [0.717, 1.165) is 27.9 Å². The van der Waals surface area contributed by atoms with Gasteiger partial charge < -0.3 is 0 Å². The van der Waals surface area contributed by atoms with E-state index in [1.165, 1.54) is 16.7 Å². The Balaban J connectivity index is 2.10. The summed E-state index contributed by atoms with van der Waals surface area (Å²) in [5.74, 6) is 5.71. The van der Waals surface area contributed by atoms with Crippen molar-refractivity contribution in [2.24, 2.45) is 5.84 Å². The lowest BCUT2D eigenvalue weighted by atomic mass is 9.97. The number of benzene rings is 2. The average molecular weight is 368 g/mol. The Morgan fingerprint density at radius 3 is 2.48 bits per heavy atom. The summed E-state index contributed by atoms with van der Waals surface area (Å²) in [7, 11) is 0. The Kier molecular flexibility index (Phi) is 5.82. The quantitative estimate of drug-likeness (QED) is 0.609. The van der Waals surface area contributed by atoms with E-state index in [9.17, 15) is 0 Å². The topological polar surface area (TPSA) is 38.0 Å². The molecule has 21 heavy (non-hydrogen) atoms. The minimum absolute atomic E-state index is 0.158. The molecule has 4 heteroatoms. The maximum absolute atomic E-state index is 6.28. The van der Waals surface area contributed by atoms with Crippen LogP contribution in [-0.2, 0) is 12.8 Å². The first-order valence-electron chi connectivity index (χ1n) is 6.95. The Hall–Kier alpha value is -0.870. The van der Waals surface area contributed by atoms with E-state index in [2.05, 4.69) is 53.4 Å². The summed E-state index contributed by atoms with van der Waals surface area (Å²) in [6, 6.07) is 12.7. The van der Waals surface area contributed by atoms with Gasteiger partial charge in [-0.05, 0) is 61.1 Å². The monoisotopic (exact) mass is 366 g/mol. The highest BCUT2D eigenvalue weighted by atomic mass is 79.9. The third-order valence-electron chi connectivity index (χ3n) is 3.77. The molecule has 0 aromatic heterocycles. The van der Waals surface area contributed by atoms with Crippen molar-refractivity contribution in [1.82, 2.24) is 5.43 Å². The smallest absolute Gasteiger partial charge is 0.0449 e.